The molecule has 2 aliphatic rings. The maximum absolute atomic E-state index is 13.3. The second kappa shape index (κ2) is 8.86. The summed E-state index contributed by atoms with van der Waals surface area (Å²) >= 11 is 6.17. The predicted octanol–water partition coefficient (Wildman–Crippen LogP) is 4.87. The maximum Gasteiger partial charge on any atom is 0.264 e. The van der Waals surface area contributed by atoms with Gasteiger partial charge < -0.3 is 10.2 Å². The molecule has 2 aromatic carbocycles. The summed E-state index contributed by atoms with van der Waals surface area (Å²) in [5, 5.41) is 3.21. The molecule has 6 nitrogen and oxygen atoms in total. The van der Waals surface area contributed by atoms with Gasteiger partial charge in [0.2, 0.25) is 5.91 Å². The van der Waals surface area contributed by atoms with Crippen molar-refractivity contribution in [3.05, 3.63) is 47.5 Å². The van der Waals surface area contributed by atoms with Crippen LogP contribution in [0.1, 0.15) is 38.5 Å². The van der Waals surface area contributed by atoms with Crippen LogP contribution in [0.25, 0.3) is 0 Å². The average molecular weight is 448 g/mol. The molecule has 2 N–H and O–H groups in total. The topological polar surface area (TPSA) is 78.5 Å². The third-order valence-corrected chi connectivity index (χ3v) is 7.53. The highest BCUT2D eigenvalue weighted by Crippen LogP contribution is 2.34. The third-order valence-electron chi connectivity index (χ3n) is 5.81. The number of piperidine rings is 1. The molecule has 4 rings (SSSR count). The molecule has 2 fully saturated rings. The standard InChI is InChI=1S/C22H26ClN3O3S/c23-18-9-2-3-10-19(18)25-30(28,29)21-15-17(24-22(27)16-7-6-8-16)11-12-20(21)26-13-4-1-5-14-26/h2-3,9-12,15-16,25H,1,4-8,13-14H2,(H,24,27). The quantitative estimate of drug-likeness (QED) is 0.662. The van der Waals surface area contributed by atoms with Gasteiger partial charge in [0.1, 0.15) is 4.90 Å². The Morgan fingerprint density at radius 2 is 1.73 bits per heavy atom. The fraction of sp³-hybridized carbons (Fsp3) is 0.409. The number of carbonyl (C=O) groups is 1. The summed E-state index contributed by atoms with van der Waals surface area (Å²) in [6.45, 7) is 1.62. The predicted molar refractivity (Wildman–Crippen MR) is 121 cm³/mol. The van der Waals surface area contributed by atoms with E-state index in [1.54, 1.807) is 42.5 Å². The molecule has 8 heteroatoms. The Hall–Kier alpha value is -2.25. The van der Waals surface area contributed by atoms with Crippen LogP contribution >= 0.6 is 11.6 Å². The molecule has 0 bridgehead atoms. The minimum Gasteiger partial charge on any atom is -0.370 e. The molecule has 160 valence electrons. The lowest BCUT2D eigenvalue weighted by molar-refractivity contribution is -0.122. The molecule has 1 aliphatic carbocycles. The Morgan fingerprint density at radius 1 is 1.00 bits per heavy atom. The van der Waals surface area contributed by atoms with Gasteiger partial charge in [-0.3, -0.25) is 9.52 Å². The van der Waals surface area contributed by atoms with Crippen molar-refractivity contribution >= 4 is 44.6 Å². The number of halogens is 1. The Morgan fingerprint density at radius 3 is 2.40 bits per heavy atom. The van der Waals surface area contributed by atoms with Crippen LogP contribution in [-0.2, 0) is 14.8 Å². The maximum atomic E-state index is 13.3. The van der Waals surface area contributed by atoms with Gasteiger partial charge in [-0.25, -0.2) is 8.42 Å². The van der Waals surface area contributed by atoms with Crippen molar-refractivity contribution in [1.82, 2.24) is 0 Å². The average Bonchev–Trinajstić information content (AvgIpc) is 2.69. The number of nitrogens with zero attached hydrogens (tertiary/aromatic N) is 1. The highest BCUT2D eigenvalue weighted by molar-refractivity contribution is 7.93. The van der Waals surface area contributed by atoms with Crippen molar-refractivity contribution in [2.75, 3.05) is 28.0 Å². The Labute approximate surface area is 182 Å². The number of para-hydroxylation sites is 1. The Kier molecular flexibility index (Phi) is 6.20. The molecule has 30 heavy (non-hydrogen) atoms. The summed E-state index contributed by atoms with van der Waals surface area (Å²) < 4.78 is 29.3. The first kappa shape index (κ1) is 21.0. The van der Waals surface area contributed by atoms with Crippen molar-refractivity contribution in [2.45, 2.75) is 43.4 Å². The molecule has 0 spiro atoms. The summed E-state index contributed by atoms with van der Waals surface area (Å²) in [5.41, 5.74) is 1.47. The van der Waals surface area contributed by atoms with Gasteiger partial charge in [-0.05, 0) is 62.4 Å². The van der Waals surface area contributed by atoms with Gasteiger partial charge in [-0.15, -0.1) is 0 Å². The molecule has 0 radical (unpaired) electrons. The van der Waals surface area contributed by atoms with Crippen molar-refractivity contribution < 1.29 is 13.2 Å². The molecular formula is C22H26ClN3O3S. The van der Waals surface area contributed by atoms with Crippen LogP contribution in [0.3, 0.4) is 0 Å². The van der Waals surface area contributed by atoms with E-state index in [1.165, 1.54) is 0 Å². The first-order chi connectivity index (χ1) is 14.4. The normalized spacial score (nSPS) is 17.3. The first-order valence-corrected chi connectivity index (χ1v) is 12.3. The lowest BCUT2D eigenvalue weighted by Gasteiger charge is -2.31. The molecular weight excluding hydrogens is 422 g/mol. The lowest BCUT2D eigenvalue weighted by atomic mass is 9.85. The number of benzene rings is 2. The smallest absolute Gasteiger partial charge is 0.264 e. The fourth-order valence-electron chi connectivity index (χ4n) is 3.86. The van der Waals surface area contributed by atoms with E-state index in [-0.39, 0.29) is 16.7 Å². The van der Waals surface area contributed by atoms with Crippen LogP contribution in [0.4, 0.5) is 17.1 Å². The van der Waals surface area contributed by atoms with Gasteiger partial charge in [0.05, 0.1) is 16.4 Å². The molecule has 2 aromatic rings. The summed E-state index contributed by atoms with van der Waals surface area (Å²) in [4.78, 5) is 14.6. The summed E-state index contributed by atoms with van der Waals surface area (Å²) in [6.07, 6.45) is 6.03. The molecule has 0 atom stereocenters. The SMILES string of the molecule is O=C(Nc1ccc(N2CCCCC2)c(S(=O)(=O)Nc2ccccc2Cl)c1)C1CCC1. The minimum absolute atomic E-state index is 0.0214. The van der Waals surface area contributed by atoms with Crippen LogP contribution < -0.4 is 14.9 Å². The number of hydrogen-bond acceptors (Lipinski definition) is 4. The van der Waals surface area contributed by atoms with Gasteiger partial charge >= 0.3 is 0 Å². The third kappa shape index (κ3) is 4.57. The van der Waals surface area contributed by atoms with E-state index < -0.39 is 10.0 Å². The van der Waals surface area contributed by atoms with E-state index in [9.17, 15) is 13.2 Å². The van der Waals surface area contributed by atoms with Gasteiger partial charge in [-0.1, -0.05) is 30.2 Å². The molecule has 1 heterocycles. The number of hydrogen-bond donors (Lipinski definition) is 2. The van der Waals surface area contributed by atoms with Crippen LogP contribution in [0.5, 0.6) is 0 Å². The van der Waals surface area contributed by atoms with E-state index in [4.69, 9.17) is 11.6 Å². The molecule has 1 saturated carbocycles. The monoisotopic (exact) mass is 447 g/mol. The van der Waals surface area contributed by atoms with Crippen molar-refractivity contribution in [3.8, 4) is 0 Å². The highest BCUT2D eigenvalue weighted by atomic mass is 35.5. The van der Waals surface area contributed by atoms with Crippen LogP contribution in [0.2, 0.25) is 5.02 Å². The fourth-order valence-corrected chi connectivity index (χ4v) is 5.43. The van der Waals surface area contributed by atoms with E-state index in [0.29, 0.717) is 22.1 Å². The second-order valence-electron chi connectivity index (χ2n) is 7.93. The zero-order valence-corrected chi connectivity index (χ0v) is 18.3. The summed E-state index contributed by atoms with van der Waals surface area (Å²) in [7, 11) is -3.91. The van der Waals surface area contributed by atoms with Gasteiger partial charge in [0.25, 0.3) is 10.0 Å². The van der Waals surface area contributed by atoms with Gasteiger partial charge in [-0.2, -0.15) is 0 Å². The number of rotatable bonds is 6. The molecule has 1 aliphatic heterocycles. The Balaban J connectivity index is 1.68. The van der Waals surface area contributed by atoms with E-state index in [2.05, 4.69) is 14.9 Å². The Bertz CT molecular complexity index is 1030. The van der Waals surface area contributed by atoms with Crippen LogP contribution in [0.15, 0.2) is 47.4 Å². The van der Waals surface area contributed by atoms with Gasteiger partial charge in [0.15, 0.2) is 0 Å². The van der Waals surface area contributed by atoms with E-state index >= 15 is 0 Å². The van der Waals surface area contributed by atoms with E-state index in [1.807, 2.05) is 0 Å². The van der Waals surface area contributed by atoms with Crippen molar-refractivity contribution in [2.24, 2.45) is 5.92 Å². The summed E-state index contributed by atoms with van der Waals surface area (Å²) in [5.74, 6) is -0.0255. The largest absolute Gasteiger partial charge is 0.370 e. The zero-order valence-electron chi connectivity index (χ0n) is 16.7. The number of sulfonamides is 1. The first-order valence-electron chi connectivity index (χ1n) is 10.4. The highest BCUT2D eigenvalue weighted by Gasteiger charge is 2.27. The summed E-state index contributed by atoms with van der Waals surface area (Å²) in [6, 6.07) is 11.9. The molecule has 1 amide bonds. The van der Waals surface area contributed by atoms with E-state index in [0.717, 1.165) is 51.6 Å². The van der Waals surface area contributed by atoms with Crippen LogP contribution in [0, 0.1) is 5.92 Å². The van der Waals surface area contributed by atoms with Gasteiger partial charge in [0, 0.05) is 24.7 Å². The lowest BCUT2D eigenvalue weighted by Crippen LogP contribution is -2.31. The minimum atomic E-state index is -3.91. The number of anilines is 3. The number of amides is 1. The molecule has 1 saturated heterocycles. The van der Waals surface area contributed by atoms with Crippen LogP contribution in [-0.4, -0.2) is 27.4 Å². The number of nitrogens with one attached hydrogen (secondary N) is 2. The van der Waals surface area contributed by atoms with Crippen molar-refractivity contribution in [1.29, 1.82) is 0 Å². The molecule has 0 aromatic heterocycles. The second-order valence-corrected chi connectivity index (χ2v) is 9.99. The zero-order chi connectivity index (χ0) is 21.1. The molecule has 0 unspecified atom stereocenters. The van der Waals surface area contributed by atoms with Crippen molar-refractivity contribution in [3.63, 3.8) is 0 Å². The number of carbonyl (C=O) groups excluding carboxylic acids is 1.